The predicted octanol–water partition coefficient (Wildman–Crippen LogP) is 0.599. The van der Waals surface area contributed by atoms with Crippen molar-refractivity contribution in [3.63, 3.8) is 0 Å². The van der Waals surface area contributed by atoms with Crippen molar-refractivity contribution in [1.82, 2.24) is 10.6 Å². The van der Waals surface area contributed by atoms with E-state index in [1.807, 2.05) is 0 Å². The molecule has 0 aliphatic carbocycles. The van der Waals surface area contributed by atoms with Crippen LogP contribution >= 0.6 is 0 Å². The van der Waals surface area contributed by atoms with Crippen LogP contribution in [0.15, 0.2) is 0 Å². The van der Waals surface area contributed by atoms with Crippen LogP contribution in [0.4, 0.5) is 0 Å². The molecule has 15 heavy (non-hydrogen) atoms. The topological polar surface area (TPSA) is 42.5 Å². The Hall–Kier alpha value is -0.0951. The van der Waals surface area contributed by atoms with Gasteiger partial charge in [-0.1, -0.05) is 0 Å². The van der Waals surface area contributed by atoms with Gasteiger partial charge in [0.15, 0.2) is 0 Å². The summed E-state index contributed by atoms with van der Waals surface area (Å²) in [4.78, 5) is 0. The summed E-state index contributed by atoms with van der Waals surface area (Å²) in [6.07, 6.45) is 0. The minimum atomic E-state index is -0.213. The number of nitrogens with one attached hydrogen (secondary N) is 2. The monoisotopic (exact) mass is 212 g/mol. The molecule has 0 bridgehead atoms. The third-order valence-corrected chi connectivity index (χ3v) is 3.72. The molecular weight excluding hydrogens is 191 g/mol. The highest BCUT2D eigenvalue weighted by Crippen LogP contribution is 2.39. The Morgan fingerprint density at radius 1 is 1.00 bits per heavy atom. The summed E-state index contributed by atoms with van der Waals surface area (Å²) in [5.41, 5.74) is -0.426. The van der Waals surface area contributed by atoms with Gasteiger partial charge >= 0.3 is 7.12 Å². The first-order valence-electron chi connectivity index (χ1n) is 5.69. The van der Waals surface area contributed by atoms with Gasteiger partial charge in [0.05, 0.1) is 11.2 Å². The van der Waals surface area contributed by atoms with E-state index >= 15 is 0 Å². The molecule has 2 rings (SSSR count). The zero-order chi connectivity index (χ0) is 11.1. The van der Waals surface area contributed by atoms with Crippen LogP contribution in [-0.2, 0) is 9.31 Å². The molecular formula is C10H21BN2O2. The lowest BCUT2D eigenvalue weighted by molar-refractivity contribution is 0.00578. The Labute approximate surface area is 92.2 Å². The molecule has 2 aliphatic rings. The molecule has 0 unspecified atom stereocenters. The fourth-order valence-electron chi connectivity index (χ4n) is 1.95. The number of hydrogen-bond acceptors (Lipinski definition) is 4. The zero-order valence-electron chi connectivity index (χ0n) is 10.1. The first-order chi connectivity index (χ1) is 6.92. The SMILES string of the molecule is CC1(C)OB(C2CNCNC2)OC1(C)C. The molecule has 0 aromatic rings. The van der Waals surface area contributed by atoms with E-state index in [9.17, 15) is 0 Å². The van der Waals surface area contributed by atoms with Gasteiger partial charge in [-0.25, -0.2) is 0 Å². The van der Waals surface area contributed by atoms with Gasteiger partial charge in [-0.2, -0.15) is 0 Å². The summed E-state index contributed by atoms with van der Waals surface area (Å²) in [5.74, 6) is 0.403. The minimum Gasteiger partial charge on any atom is -0.403 e. The summed E-state index contributed by atoms with van der Waals surface area (Å²) in [7, 11) is -0.0877. The van der Waals surface area contributed by atoms with E-state index in [4.69, 9.17) is 9.31 Å². The lowest BCUT2D eigenvalue weighted by Crippen LogP contribution is -2.47. The minimum absolute atomic E-state index is 0.0877. The van der Waals surface area contributed by atoms with Gasteiger partial charge in [0.1, 0.15) is 0 Å². The molecule has 2 fully saturated rings. The smallest absolute Gasteiger partial charge is 0.403 e. The number of hydrogen-bond donors (Lipinski definition) is 2. The van der Waals surface area contributed by atoms with Crippen molar-refractivity contribution in [3.8, 4) is 0 Å². The van der Waals surface area contributed by atoms with Crippen LogP contribution in [0.2, 0.25) is 5.82 Å². The van der Waals surface area contributed by atoms with Gasteiger partial charge in [-0.05, 0) is 40.8 Å². The lowest BCUT2D eigenvalue weighted by atomic mass is 9.71. The van der Waals surface area contributed by atoms with Crippen LogP contribution in [0.25, 0.3) is 0 Å². The summed E-state index contributed by atoms with van der Waals surface area (Å²) in [6.45, 7) is 11.2. The Morgan fingerprint density at radius 2 is 1.47 bits per heavy atom. The molecule has 86 valence electrons. The third kappa shape index (κ3) is 2.06. The Bertz CT molecular complexity index is 224. The number of rotatable bonds is 1. The van der Waals surface area contributed by atoms with E-state index in [1.54, 1.807) is 0 Å². The second kappa shape index (κ2) is 3.73. The molecule has 0 aromatic carbocycles. The van der Waals surface area contributed by atoms with E-state index in [2.05, 4.69) is 38.3 Å². The summed E-state index contributed by atoms with van der Waals surface area (Å²) in [5, 5.41) is 6.59. The zero-order valence-corrected chi connectivity index (χ0v) is 10.1. The maximum absolute atomic E-state index is 6.00. The lowest BCUT2D eigenvalue weighted by Gasteiger charge is -2.32. The maximum atomic E-state index is 6.00. The highest BCUT2D eigenvalue weighted by atomic mass is 16.7. The average molecular weight is 212 g/mol. The van der Waals surface area contributed by atoms with Crippen LogP contribution < -0.4 is 10.6 Å². The maximum Gasteiger partial charge on any atom is 0.463 e. The summed E-state index contributed by atoms with van der Waals surface area (Å²) < 4.78 is 12.0. The van der Waals surface area contributed by atoms with Crippen LogP contribution in [-0.4, -0.2) is 38.1 Å². The van der Waals surface area contributed by atoms with Crippen LogP contribution in [0.5, 0.6) is 0 Å². The van der Waals surface area contributed by atoms with Crippen molar-refractivity contribution in [2.24, 2.45) is 0 Å². The standard InChI is InChI=1S/C10H21BN2O2/c1-9(2)10(3,4)15-11(14-9)8-5-12-7-13-6-8/h8,12-13H,5-7H2,1-4H3. The van der Waals surface area contributed by atoms with Gasteiger partial charge in [-0.3, -0.25) is 0 Å². The quantitative estimate of drug-likeness (QED) is 0.624. The second-order valence-corrected chi connectivity index (χ2v) is 5.47. The summed E-state index contributed by atoms with van der Waals surface area (Å²) in [6, 6.07) is 0. The molecule has 0 radical (unpaired) electrons. The first-order valence-corrected chi connectivity index (χ1v) is 5.69. The van der Waals surface area contributed by atoms with Gasteiger partial charge in [0.25, 0.3) is 0 Å². The average Bonchev–Trinajstić information content (AvgIpc) is 2.38. The molecule has 5 heteroatoms. The van der Waals surface area contributed by atoms with Crippen LogP contribution in [0.3, 0.4) is 0 Å². The third-order valence-electron chi connectivity index (χ3n) is 3.72. The van der Waals surface area contributed by atoms with Crippen molar-refractivity contribution in [2.45, 2.75) is 44.7 Å². The molecule has 0 saturated carbocycles. The van der Waals surface area contributed by atoms with Gasteiger partial charge in [0.2, 0.25) is 0 Å². The predicted molar refractivity (Wildman–Crippen MR) is 60.7 cm³/mol. The van der Waals surface area contributed by atoms with E-state index < -0.39 is 0 Å². The fraction of sp³-hybridized carbons (Fsp3) is 1.00. The van der Waals surface area contributed by atoms with Crippen molar-refractivity contribution in [3.05, 3.63) is 0 Å². The van der Waals surface area contributed by atoms with E-state index in [-0.39, 0.29) is 18.3 Å². The normalized spacial score (nSPS) is 30.8. The van der Waals surface area contributed by atoms with E-state index in [0.29, 0.717) is 5.82 Å². The van der Waals surface area contributed by atoms with E-state index in [0.717, 1.165) is 19.8 Å². The molecule has 2 saturated heterocycles. The molecule has 2 heterocycles. The second-order valence-electron chi connectivity index (χ2n) is 5.47. The van der Waals surface area contributed by atoms with Crippen molar-refractivity contribution in [1.29, 1.82) is 0 Å². The van der Waals surface area contributed by atoms with Crippen molar-refractivity contribution >= 4 is 7.12 Å². The highest BCUT2D eigenvalue weighted by molar-refractivity contribution is 6.47. The van der Waals surface area contributed by atoms with Gasteiger partial charge in [-0.15, -0.1) is 0 Å². The Kier molecular flexibility index (Phi) is 2.84. The molecule has 2 aliphatic heterocycles. The summed E-state index contributed by atoms with van der Waals surface area (Å²) >= 11 is 0. The molecule has 2 N–H and O–H groups in total. The van der Waals surface area contributed by atoms with Crippen LogP contribution in [0, 0.1) is 0 Å². The molecule has 0 spiro atoms. The van der Waals surface area contributed by atoms with E-state index in [1.165, 1.54) is 0 Å². The first kappa shape index (κ1) is 11.4. The molecule has 0 atom stereocenters. The van der Waals surface area contributed by atoms with Crippen molar-refractivity contribution < 1.29 is 9.31 Å². The highest BCUT2D eigenvalue weighted by Gasteiger charge is 2.53. The Balaban J connectivity index is 2.02. The fourth-order valence-corrected chi connectivity index (χ4v) is 1.95. The van der Waals surface area contributed by atoms with Crippen molar-refractivity contribution in [2.75, 3.05) is 19.8 Å². The largest absolute Gasteiger partial charge is 0.463 e. The molecule has 0 aromatic heterocycles. The Morgan fingerprint density at radius 3 is 1.93 bits per heavy atom. The van der Waals surface area contributed by atoms with Gasteiger partial charge in [0, 0.05) is 12.5 Å². The van der Waals surface area contributed by atoms with Gasteiger partial charge < -0.3 is 19.9 Å². The van der Waals surface area contributed by atoms with Crippen LogP contribution in [0.1, 0.15) is 27.7 Å². The molecule has 0 amide bonds. The molecule has 4 nitrogen and oxygen atoms in total.